The highest BCUT2D eigenvalue weighted by atomic mass is 32.1. The molecule has 21 heavy (non-hydrogen) atoms. The van der Waals surface area contributed by atoms with Crippen molar-refractivity contribution >= 4 is 11.3 Å². The maximum absolute atomic E-state index is 9.48. The number of aliphatic hydroxyl groups is 1. The lowest BCUT2D eigenvalue weighted by atomic mass is 10.0. The van der Waals surface area contributed by atoms with Gasteiger partial charge in [-0.3, -0.25) is 0 Å². The van der Waals surface area contributed by atoms with Crippen molar-refractivity contribution in [1.82, 2.24) is 15.0 Å². The summed E-state index contributed by atoms with van der Waals surface area (Å²) in [6, 6.07) is 12.3. The largest absolute Gasteiger partial charge is 0.390 e. The SMILES string of the molecule is CC(C)c1ccc(-n2nnc(CO)c2-c2cccs2)cc1. The number of hydrogen-bond acceptors (Lipinski definition) is 4. The molecule has 3 aromatic rings. The Morgan fingerprint density at radius 1 is 1.19 bits per heavy atom. The van der Waals surface area contributed by atoms with Crippen LogP contribution in [0.25, 0.3) is 16.3 Å². The lowest BCUT2D eigenvalue weighted by Gasteiger charge is -2.09. The Morgan fingerprint density at radius 2 is 1.95 bits per heavy atom. The van der Waals surface area contributed by atoms with Gasteiger partial charge in [0, 0.05) is 0 Å². The van der Waals surface area contributed by atoms with Crippen LogP contribution in [0.4, 0.5) is 0 Å². The summed E-state index contributed by atoms with van der Waals surface area (Å²) < 4.78 is 1.79. The van der Waals surface area contributed by atoms with Crippen LogP contribution < -0.4 is 0 Å². The molecule has 1 aromatic carbocycles. The van der Waals surface area contributed by atoms with Crippen LogP contribution in [0.5, 0.6) is 0 Å². The Labute approximate surface area is 127 Å². The summed E-state index contributed by atoms with van der Waals surface area (Å²) >= 11 is 1.62. The van der Waals surface area contributed by atoms with E-state index < -0.39 is 0 Å². The first kappa shape index (κ1) is 14.0. The summed E-state index contributed by atoms with van der Waals surface area (Å²) in [4.78, 5) is 1.05. The smallest absolute Gasteiger partial charge is 0.117 e. The van der Waals surface area contributed by atoms with E-state index in [0.29, 0.717) is 11.6 Å². The van der Waals surface area contributed by atoms with Gasteiger partial charge in [0.25, 0.3) is 0 Å². The fraction of sp³-hybridized carbons (Fsp3) is 0.250. The maximum Gasteiger partial charge on any atom is 0.117 e. The number of nitrogens with zero attached hydrogens (tertiary/aromatic N) is 3. The van der Waals surface area contributed by atoms with Crippen LogP contribution in [-0.2, 0) is 6.61 Å². The fourth-order valence-electron chi connectivity index (χ4n) is 2.26. The van der Waals surface area contributed by atoms with Crippen LogP contribution in [0.1, 0.15) is 31.0 Å². The molecular formula is C16H17N3OS. The Balaban J connectivity index is 2.08. The second-order valence-corrected chi connectivity index (χ2v) is 6.13. The summed E-state index contributed by atoms with van der Waals surface area (Å²) in [7, 11) is 0. The van der Waals surface area contributed by atoms with Crippen LogP contribution in [0, 0.1) is 0 Å². The highest BCUT2D eigenvalue weighted by Gasteiger charge is 2.16. The molecule has 4 nitrogen and oxygen atoms in total. The quantitative estimate of drug-likeness (QED) is 0.800. The summed E-state index contributed by atoms with van der Waals surface area (Å²) in [5, 5.41) is 19.8. The Hall–Kier alpha value is -1.98. The lowest BCUT2D eigenvalue weighted by Crippen LogP contribution is -2.00. The van der Waals surface area contributed by atoms with Gasteiger partial charge in [0.05, 0.1) is 17.2 Å². The molecule has 0 radical (unpaired) electrons. The van der Waals surface area contributed by atoms with E-state index in [2.05, 4.69) is 36.3 Å². The third-order valence-electron chi connectivity index (χ3n) is 3.45. The molecule has 0 unspecified atom stereocenters. The van der Waals surface area contributed by atoms with Crippen molar-refractivity contribution in [3.05, 3.63) is 53.0 Å². The van der Waals surface area contributed by atoms with Crippen molar-refractivity contribution in [1.29, 1.82) is 0 Å². The number of rotatable bonds is 4. The zero-order valence-electron chi connectivity index (χ0n) is 12.0. The zero-order chi connectivity index (χ0) is 14.8. The van der Waals surface area contributed by atoms with E-state index in [1.807, 2.05) is 29.6 Å². The van der Waals surface area contributed by atoms with Crippen molar-refractivity contribution in [3.63, 3.8) is 0 Å². The van der Waals surface area contributed by atoms with Gasteiger partial charge in [0.2, 0.25) is 0 Å². The summed E-state index contributed by atoms with van der Waals surface area (Å²) in [6.07, 6.45) is 0. The summed E-state index contributed by atoms with van der Waals surface area (Å²) in [6.45, 7) is 4.23. The van der Waals surface area contributed by atoms with Crippen molar-refractivity contribution < 1.29 is 5.11 Å². The van der Waals surface area contributed by atoms with E-state index in [0.717, 1.165) is 16.3 Å². The van der Waals surface area contributed by atoms with Crippen LogP contribution >= 0.6 is 11.3 Å². The maximum atomic E-state index is 9.48. The van der Waals surface area contributed by atoms with E-state index in [9.17, 15) is 5.11 Å². The molecule has 0 aliphatic carbocycles. The normalized spacial score (nSPS) is 11.2. The van der Waals surface area contributed by atoms with E-state index >= 15 is 0 Å². The van der Waals surface area contributed by atoms with Crippen molar-refractivity contribution in [2.75, 3.05) is 0 Å². The Bertz CT molecular complexity index is 715. The molecule has 108 valence electrons. The van der Waals surface area contributed by atoms with Gasteiger partial charge in [-0.2, -0.15) is 0 Å². The van der Waals surface area contributed by atoms with Crippen LogP contribution in [0.2, 0.25) is 0 Å². The molecule has 5 heteroatoms. The van der Waals surface area contributed by atoms with Crippen LogP contribution in [-0.4, -0.2) is 20.1 Å². The first-order valence-corrected chi connectivity index (χ1v) is 7.78. The summed E-state index contributed by atoms with van der Waals surface area (Å²) in [5.41, 5.74) is 3.71. The van der Waals surface area contributed by atoms with Gasteiger partial charge in [0.1, 0.15) is 11.4 Å². The second kappa shape index (κ2) is 5.79. The first-order valence-electron chi connectivity index (χ1n) is 6.90. The molecule has 0 saturated heterocycles. The fourth-order valence-corrected chi connectivity index (χ4v) is 3.04. The number of benzene rings is 1. The standard InChI is InChI=1S/C16H17N3OS/c1-11(2)12-5-7-13(8-6-12)19-16(14(10-20)17-18-19)15-4-3-9-21-15/h3-9,11,20H,10H2,1-2H3. The van der Waals surface area contributed by atoms with Crippen molar-refractivity contribution in [3.8, 4) is 16.3 Å². The molecule has 0 fully saturated rings. The Kier molecular flexibility index (Phi) is 3.86. The predicted molar refractivity (Wildman–Crippen MR) is 84.7 cm³/mol. The molecule has 1 N–H and O–H groups in total. The first-order chi connectivity index (χ1) is 10.2. The third-order valence-corrected chi connectivity index (χ3v) is 4.33. The average molecular weight is 299 g/mol. The molecule has 0 amide bonds. The monoisotopic (exact) mass is 299 g/mol. The molecule has 0 bridgehead atoms. The van der Waals surface area contributed by atoms with Gasteiger partial charge in [-0.25, -0.2) is 4.68 Å². The van der Waals surface area contributed by atoms with Crippen LogP contribution in [0.15, 0.2) is 41.8 Å². The molecule has 0 atom stereocenters. The number of hydrogen-bond donors (Lipinski definition) is 1. The van der Waals surface area contributed by atoms with E-state index in [4.69, 9.17) is 0 Å². The van der Waals surface area contributed by atoms with Crippen LogP contribution in [0.3, 0.4) is 0 Å². The number of aliphatic hydroxyl groups excluding tert-OH is 1. The van der Waals surface area contributed by atoms with E-state index in [-0.39, 0.29) is 6.61 Å². The minimum absolute atomic E-state index is 0.114. The van der Waals surface area contributed by atoms with Gasteiger partial charge in [0.15, 0.2) is 0 Å². The highest BCUT2D eigenvalue weighted by molar-refractivity contribution is 7.13. The molecule has 2 heterocycles. The van der Waals surface area contributed by atoms with Gasteiger partial charge < -0.3 is 5.11 Å². The average Bonchev–Trinajstić information content (AvgIpc) is 3.15. The minimum Gasteiger partial charge on any atom is -0.390 e. The van der Waals surface area contributed by atoms with E-state index in [1.165, 1.54) is 5.56 Å². The second-order valence-electron chi connectivity index (χ2n) is 5.18. The molecule has 0 spiro atoms. The van der Waals surface area contributed by atoms with Gasteiger partial charge in [-0.1, -0.05) is 37.3 Å². The topological polar surface area (TPSA) is 50.9 Å². The van der Waals surface area contributed by atoms with Gasteiger partial charge in [-0.15, -0.1) is 16.4 Å². The number of thiophene rings is 1. The molecular weight excluding hydrogens is 282 g/mol. The Morgan fingerprint density at radius 3 is 2.52 bits per heavy atom. The van der Waals surface area contributed by atoms with Gasteiger partial charge in [-0.05, 0) is 35.1 Å². The molecule has 0 saturated carbocycles. The lowest BCUT2D eigenvalue weighted by molar-refractivity contribution is 0.277. The molecule has 0 aliphatic rings. The molecule has 2 aromatic heterocycles. The molecule has 0 aliphatic heterocycles. The summed E-state index contributed by atoms with van der Waals surface area (Å²) in [5.74, 6) is 0.500. The van der Waals surface area contributed by atoms with Gasteiger partial charge >= 0.3 is 0 Å². The van der Waals surface area contributed by atoms with E-state index in [1.54, 1.807) is 16.0 Å². The third kappa shape index (κ3) is 2.62. The van der Waals surface area contributed by atoms with Crippen molar-refractivity contribution in [2.24, 2.45) is 0 Å². The zero-order valence-corrected chi connectivity index (χ0v) is 12.8. The van der Waals surface area contributed by atoms with Crippen molar-refractivity contribution in [2.45, 2.75) is 26.4 Å². The number of aromatic nitrogens is 3. The highest BCUT2D eigenvalue weighted by Crippen LogP contribution is 2.29. The molecule has 3 rings (SSSR count). The predicted octanol–water partition coefficient (Wildman–Crippen LogP) is 3.61. The minimum atomic E-state index is -0.114.